The molecule has 9 heavy (non-hydrogen) atoms. The first-order chi connectivity index (χ1) is 4.33. The Hall–Kier alpha value is -0.120. The van der Waals surface area contributed by atoms with Gasteiger partial charge in [0, 0.05) is 13.1 Å². The van der Waals surface area contributed by atoms with Gasteiger partial charge in [-0.05, 0) is 6.92 Å². The maximum absolute atomic E-state index is 8.64. The highest BCUT2D eigenvalue weighted by molar-refractivity contribution is 4.70. The molecule has 1 aliphatic heterocycles. The molecule has 1 rings (SSSR count). The minimum atomic E-state index is 0.00810. The van der Waals surface area contributed by atoms with E-state index in [1.165, 1.54) is 0 Å². The van der Waals surface area contributed by atoms with Crippen molar-refractivity contribution in [2.24, 2.45) is 0 Å². The van der Waals surface area contributed by atoms with Crippen LogP contribution in [-0.2, 0) is 4.74 Å². The highest BCUT2D eigenvalue weighted by atomic mass is 16.5. The van der Waals surface area contributed by atoms with Crippen LogP contribution in [0.5, 0.6) is 0 Å². The Labute approximate surface area is 55.0 Å². The smallest absolute Gasteiger partial charge is 0.0933 e. The van der Waals surface area contributed by atoms with Gasteiger partial charge in [0.05, 0.1) is 18.8 Å². The number of morpholine rings is 1. The van der Waals surface area contributed by atoms with Crippen molar-refractivity contribution >= 4 is 0 Å². The van der Waals surface area contributed by atoms with Gasteiger partial charge >= 0.3 is 0 Å². The van der Waals surface area contributed by atoms with Gasteiger partial charge < -0.3 is 15.2 Å². The Morgan fingerprint density at radius 3 is 2.89 bits per heavy atom. The van der Waals surface area contributed by atoms with E-state index in [0.29, 0.717) is 0 Å². The summed E-state index contributed by atoms with van der Waals surface area (Å²) in [5, 5.41) is 11.8. The fraction of sp³-hybridized carbons (Fsp3) is 1.00. The van der Waals surface area contributed by atoms with Crippen molar-refractivity contribution in [3.05, 3.63) is 0 Å². The molecule has 0 amide bonds. The van der Waals surface area contributed by atoms with Crippen LogP contribution in [0.3, 0.4) is 0 Å². The van der Waals surface area contributed by atoms with E-state index in [-0.39, 0.29) is 18.8 Å². The number of nitrogens with one attached hydrogen (secondary N) is 1. The van der Waals surface area contributed by atoms with Gasteiger partial charge in [-0.3, -0.25) is 0 Å². The minimum Gasteiger partial charge on any atom is -0.394 e. The summed E-state index contributed by atoms with van der Waals surface area (Å²) in [5.41, 5.74) is 0. The lowest BCUT2D eigenvalue weighted by molar-refractivity contribution is -0.0518. The first kappa shape index (κ1) is 6.99. The summed E-state index contributed by atoms with van der Waals surface area (Å²) in [4.78, 5) is 0. The van der Waals surface area contributed by atoms with Crippen molar-refractivity contribution in [2.45, 2.75) is 19.1 Å². The fourth-order valence-corrected chi connectivity index (χ4v) is 0.980. The number of ether oxygens (including phenoxy) is 1. The van der Waals surface area contributed by atoms with Crippen molar-refractivity contribution in [1.82, 2.24) is 5.32 Å². The molecule has 0 spiro atoms. The Morgan fingerprint density at radius 2 is 2.44 bits per heavy atom. The van der Waals surface area contributed by atoms with Crippen molar-refractivity contribution < 1.29 is 9.84 Å². The molecule has 1 saturated heterocycles. The third-order valence-electron chi connectivity index (χ3n) is 1.43. The highest BCUT2D eigenvalue weighted by Gasteiger charge is 2.16. The van der Waals surface area contributed by atoms with Crippen LogP contribution in [0.15, 0.2) is 0 Å². The van der Waals surface area contributed by atoms with Crippen LogP contribution in [0.1, 0.15) is 6.92 Å². The molecule has 2 atom stereocenters. The average molecular weight is 131 g/mol. The summed E-state index contributed by atoms with van der Waals surface area (Å²) in [5.74, 6) is 0. The third kappa shape index (κ3) is 1.93. The molecule has 0 saturated carbocycles. The van der Waals surface area contributed by atoms with E-state index in [1.807, 2.05) is 6.92 Å². The summed E-state index contributed by atoms with van der Waals surface area (Å²) >= 11 is 0. The second kappa shape index (κ2) is 3.15. The van der Waals surface area contributed by atoms with E-state index >= 15 is 0 Å². The van der Waals surface area contributed by atoms with Gasteiger partial charge in [0.1, 0.15) is 0 Å². The SMILES string of the molecule is CC1CNCC(CO)O1. The summed E-state index contributed by atoms with van der Waals surface area (Å²) in [7, 11) is 0. The van der Waals surface area contributed by atoms with Crippen LogP contribution in [0, 0.1) is 0 Å². The molecule has 1 aliphatic rings. The van der Waals surface area contributed by atoms with Crippen LogP contribution < -0.4 is 5.32 Å². The molecule has 0 aromatic carbocycles. The van der Waals surface area contributed by atoms with Gasteiger partial charge in [0.2, 0.25) is 0 Å². The molecular formula is C6H13NO2. The summed E-state index contributed by atoms with van der Waals surface area (Å²) in [6, 6.07) is 0. The molecule has 0 aromatic heterocycles. The molecule has 3 heteroatoms. The Morgan fingerprint density at radius 1 is 1.67 bits per heavy atom. The van der Waals surface area contributed by atoms with Gasteiger partial charge in [-0.1, -0.05) is 0 Å². The quantitative estimate of drug-likeness (QED) is 0.497. The molecule has 0 aromatic rings. The molecule has 0 aliphatic carbocycles. The predicted octanol–water partition coefficient (Wildman–Crippen LogP) is -0.644. The molecule has 2 unspecified atom stereocenters. The van der Waals surface area contributed by atoms with Crippen molar-refractivity contribution in [3.8, 4) is 0 Å². The van der Waals surface area contributed by atoms with Gasteiger partial charge in [-0.15, -0.1) is 0 Å². The lowest BCUT2D eigenvalue weighted by Gasteiger charge is -2.27. The van der Waals surface area contributed by atoms with Crippen LogP contribution >= 0.6 is 0 Å². The molecule has 0 radical (unpaired) electrons. The second-order valence-electron chi connectivity index (χ2n) is 2.41. The summed E-state index contributed by atoms with van der Waals surface area (Å²) in [6.07, 6.45) is 0.254. The molecule has 1 fully saturated rings. The largest absolute Gasteiger partial charge is 0.394 e. The molecule has 3 nitrogen and oxygen atoms in total. The number of rotatable bonds is 1. The number of hydrogen-bond acceptors (Lipinski definition) is 3. The zero-order valence-electron chi connectivity index (χ0n) is 5.63. The minimum absolute atomic E-state index is 0.00810. The van der Waals surface area contributed by atoms with Gasteiger partial charge in [-0.2, -0.15) is 0 Å². The number of aliphatic hydroxyl groups excluding tert-OH is 1. The third-order valence-corrected chi connectivity index (χ3v) is 1.43. The van der Waals surface area contributed by atoms with E-state index < -0.39 is 0 Å². The Bertz CT molecular complexity index is 87.1. The highest BCUT2D eigenvalue weighted by Crippen LogP contribution is 2.00. The molecule has 54 valence electrons. The van der Waals surface area contributed by atoms with E-state index in [0.717, 1.165) is 13.1 Å². The molecule has 2 N–H and O–H groups in total. The standard InChI is InChI=1S/C6H13NO2/c1-5-2-7-3-6(4-8)9-5/h5-8H,2-4H2,1H3. The fourth-order valence-electron chi connectivity index (χ4n) is 0.980. The Kier molecular flexibility index (Phi) is 2.45. The van der Waals surface area contributed by atoms with E-state index in [1.54, 1.807) is 0 Å². The van der Waals surface area contributed by atoms with Crippen molar-refractivity contribution in [3.63, 3.8) is 0 Å². The predicted molar refractivity (Wildman–Crippen MR) is 34.3 cm³/mol. The summed E-state index contributed by atoms with van der Waals surface area (Å²) < 4.78 is 5.32. The lowest BCUT2D eigenvalue weighted by Crippen LogP contribution is -2.44. The maximum Gasteiger partial charge on any atom is 0.0933 e. The average Bonchev–Trinajstić information content (AvgIpc) is 1.88. The van der Waals surface area contributed by atoms with Crippen molar-refractivity contribution in [1.29, 1.82) is 0 Å². The van der Waals surface area contributed by atoms with E-state index in [2.05, 4.69) is 5.32 Å². The topological polar surface area (TPSA) is 41.5 Å². The van der Waals surface area contributed by atoms with E-state index in [9.17, 15) is 0 Å². The molecule has 1 heterocycles. The van der Waals surface area contributed by atoms with Gasteiger partial charge in [0.15, 0.2) is 0 Å². The van der Waals surface area contributed by atoms with Crippen LogP contribution in [0.2, 0.25) is 0 Å². The first-order valence-corrected chi connectivity index (χ1v) is 3.30. The zero-order valence-corrected chi connectivity index (χ0v) is 5.63. The lowest BCUT2D eigenvalue weighted by atomic mass is 10.3. The van der Waals surface area contributed by atoms with Crippen LogP contribution in [-0.4, -0.2) is 37.0 Å². The molecule has 0 bridgehead atoms. The van der Waals surface area contributed by atoms with Gasteiger partial charge in [0.25, 0.3) is 0 Å². The van der Waals surface area contributed by atoms with E-state index in [4.69, 9.17) is 9.84 Å². The number of hydrogen-bond donors (Lipinski definition) is 2. The summed E-state index contributed by atoms with van der Waals surface area (Å²) in [6.45, 7) is 3.80. The second-order valence-corrected chi connectivity index (χ2v) is 2.41. The monoisotopic (exact) mass is 131 g/mol. The normalized spacial score (nSPS) is 36.7. The van der Waals surface area contributed by atoms with Crippen LogP contribution in [0.4, 0.5) is 0 Å². The first-order valence-electron chi connectivity index (χ1n) is 3.30. The maximum atomic E-state index is 8.64. The molecular weight excluding hydrogens is 118 g/mol. The van der Waals surface area contributed by atoms with Gasteiger partial charge in [-0.25, -0.2) is 0 Å². The van der Waals surface area contributed by atoms with Crippen LogP contribution in [0.25, 0.3) is 0 Å². The zero-order chi connectivity index (χ0) is 6.69. The van der Waals surface area contributed by atoms with Crippen molar-refractivity contribution in [2.75, 3.05) is 19.7 Å². The number of aliphatic hydroxyl groups is 1. The Balaban J connectivity index is 2.23.